The van der Waals surface area contributed by atoms with E-state index < -0.39 is 0 Å². The molecule has 2 aliphatic heterocycles. The standard InChI is InChI=1S/C38H47NO4S/c1-25(7-9-26(2)35-19-20-36(44-35)37-42-23-38(3,4)24-43-37)8-10-27-11-13-28(14-12-27)39-33-17-15-29(40-5)21-31(33)32-22-30(41-6)16-18-34(32)39/h8,10-11,13-18,20-22,25-27,35,37H,7,9,12,19,23-24H2,1-6H3. The lowest BCUT2D eigenvalue weighted by molar-refractivity contribution is -0.199. The van der Waals surface area contributed by atoms with Gasteiger partial charge in [-0.1, -0.05) is 58.1 Å². The number of ether oxygens (including phenoxy) is 4. The minimum Gasteiger partial charge on any atom is -0.497 e. The number of hydrogen-bond donors (Lipinski definition) is 0. The van der Waals surface area contributed by atoms with Gasteiger partial charge in [-0.25, -0.2) is 0 Å². The van der Waals surface area contributed by atoms with Crippen molar-refractivity contribution >= 4 is 39.3 Å². The van der Waals surface area contributed by atoms with Crippen molar-refractivity contribution in [3.05, 3.63) is 77.8 Å². The zero-order valence-corrected chi connectivity index (χ0v) is 27.9. The van der Waals surface area contributed by atoms with Gasteiger partial charge in [0, 0.05) is 32.0 Å². The van der Waals surface area contributed by atoms with Gasteiger partial charge < -0.3 is 23.5 Å². The maximum atomic E-state index is 6.03. The SMILES string of the molecule is COc1ccc2c(c1)c1cc(OC)ccc1n2C1=CCC(C=CC(C)CCC(C)C2CC=C(C3OCC(C)(C)CO3)S2)C=C1. The molecule has 0 N–H and O–H groups in total. The van der Waals surface area contributed by atoms with Gasteiger partial charge in [0.1, 0.15) is 11.5 Å². The van der Waals surface area contributed by atoms with Crippen molar-refractivity contribution in [3.8, 4) is 11.5 Å². The molecule has 6 heteroatoms. The largest absolute Gasteiger partial charge is 0.497 e. The molecule has 1 saturated heterocycles. The molecule has 0 spiro atoms. The highest BCUT2D eigenvalue weighted by atomic mass is 32.2. The zero-order valence-electron chi connectivity index (χ0n) is 27.0. The highest BCUT2D eigenvalue weighted by Gasteiger charge is 2.34. The van der Waals surface area contributed by atoms with Crippen LogP contribution < -0.4 is 9.47 Å². The molecule has 3 aromatic rings. The maximum absolute atomic E-state index is 6.03. The van der Waals surface area contributed by atoms with Crippen molar-refractivity contribution in [1.82, 2.24) is 4.57 Å². The quantitative estimate of drug-likeness (QED) is 0.213. The van der Waals surface area contributed by atoms with E-state index >= 15 is 0 Å². The van der Waals surface area contributed by atoms with Gasteiger partial charge in [-0.2, -0.15) is 0 Å². The molecule has 4 atom stereocenters. The zero-order chi connectivity index (χ0) is 30.8. The molecule has 3 heterocycles. The van der Waals surface area contributed by atoms with Crippen LogP contribution in [0.2, 0.25) is 0 Å². The lowest BCUT2D eigenvalue weighted by Gasteiger charge is -2.35. The van der Waals surface area contributed by atoms with Crippen LogP contribution >= 0.6 is 11.8 Å². The molecule has 0 bridgehead atoms. The highest BCUT2D eigenvalue weighted by molar-refractivity contribution is 8.04. The van der Waals surface area contributed by atoms with E-state index in [0.717, 1.165) is 37.6 Å². The predicted molar refractivity (Wildman–Crippen MR) is 184 cm³/mol. The Morgan fingerprint density at radius 1 is 0.932 bits per heavy atom. The molecule has 1 aromatic heterocycles. The van der Waals surface area contributed by atoms with E-state index in [9.17, 15) is 0 Å². The van der Waals surface area contributed by atoms with Crippen LogP contribution in [0.3, 0.4) is 0 Å². The molecule has 5 nitrogen and oxygen atoms in total. The number of fused-ring (bicyclic) bond motifs is 3. The second-order valence-electron chi connectivity index (χ2n) is 13.5. The van der Waals surface area contributed by atoms with Crippen molar-refractivity contribution in [1.29, 1.82) is 0 Å². The second kappa shape index (κ2) is 13.2. The molecule has 234 valence electrons. The fourth-order valence-corrected chi connectivity index (χ4v) is 7.80. The van der Waals surface area contributed by atoms with Crippen LogP contribution in [0, 0.1) is 23.2 Å². The van der Waals surface area contributed by atoms with E-state index in [2.05, 4.69) is 93.0 Å². The fraction of sp³-hybridized carbons (Fsp3) is 0.474. The number of thioether (sulfide) groups is 1. The first-order valence-corrected chi connectivity index (χ1v) is 17.0. The van der Waals surface area contributed by atoms with Crippen LogP contribution in [0.15, 0.2) is 77.8 Å². The molecule has 0 radical (unpaired) electrons. The summed E-state index contributed by atoms with van der Waals surface area (Å²) in [6, 6.07) is 12.6. The average Bonchev–Trinajstić information content (AvgIpc) is 3.66. The van der Waals surface area contributed by atoms with E-state index in [1.165, 1.54) is 45.2 Å². The van der Waals surface area contributed by atoms with Crippen LogP contribution in [0.5, 0.6) is 11.5 Å². The summed E-state index contributed by atoms with van der Waals surface area (Å²) in [4.78, 5) is 1.28. The second-order valence-corrected chi connectivity index (χ2v) is 14.8. The van der Waals surface area contributed by atoms with E-state index in [1.807, 2.05) is 23.9 Å². The first-order chi connectivity index (χ1) is 21.2. The van der Waals surface area contributed by atoms with Gasteiger partial charge in [-0.15, -0.1) is 11.8 Å². The van der Waals surface area contributed by atoms with Gasteiger partial charge >= 0.3 is 0 Å². The van der Waals surface area contributed by atoms with Crippen molar-refractivity contribution < 1.29 is 18.9 Å². The molecule has 6 rings (SSSR count). The summed E-state index contributed by atoms with van der Waals surface area (Å²) in [7, 11) is 3.43. The smallest absolute Gasteiger partial charge is 0.189 e. The number of nitrogens with zero attached hydrogens (tertiary/aromatic N) is 1. The van der Waals surface area contributed by atoms with Crippen molar-refractivity contribution in [2.45, 2.75) is 64.9 Å². The summed E-state index contributed by atoms with van der Waals surface area (Å²) in [5.41, 5.74) is 3.67. The van der Waals surface area contributed by atoms with Gasteiger partial charge in [-0.05, 0) is 85.9 Å². The van der Waals surface area contributed by atoms with Crippen LogP contribution in [-0.4, -0.2) is 43.5 Å². The Morgan fingerprint density at radius 3 is 2.18 bits per heavy atom. The molecule has 4 unspecified atom stereocenters. The van der Waals surface area contributed by atoms with Crippen LogP contribution in [0.1, 0.15) is 53.4 Å². The molecular formula is C38H47NO4S. The summed E-state index contributed by atoms with van der Waals surface area (Å²) in [5, 5.41) is 2.96. The number of hydrogen-bond acceptors (Lipinski definition) is 5. The summed E-state index contributed by atoms with van der Waals surface area (Å²) in [6.45, 7) is 10.7. The van der Waals surface area contributed by atoms with E-state index in [1.54, 1.807) is 14.2 Å². The Hall–Kier alpha value is -2.93. The normalized spacial score (nSPS) is 23.7. The van der Waals surface area contributed by atoms with Gasteiger partial charge in [0.05, 0.1) is 38.5 Å². The van der Waals surface area contributed by atoms with Crippen LogP contribution in [0.4, 0.5) is 0 Å². The lowest BCUT2D eigenvalue weighted by Crippen LogP contribution is -2.38. The molecule has 0 saturated carbocycles. The monoisotopic (exact) mass is 613 g/mol. The Kier molecular flexibility index (Phi) is 9.32. The summed E-state index contributed by atoms with van der Waals surface area (Å²) < 4.78 is 25.5. The molecule has 1 aliphatic carbocycles. The predicted octanol–water partition coefficient (Wildman–Crippen LogP) is 9.63. The van der Waals surface area contributed by atoms with Crippen molar-refractivity contribution in [3.63, 3.8) is 0 Å². The maximum Gasteiger partial charge on any atom is 0.189 e. The molecule has 1 fully saturated rings. The fourth-order valence-electron chi connectivity index (χ4n) is 6.45. The topological polar surface area (TPSA) is 41.9 Å². The van der Waals surface area contributed by atoms with E-state index in [4.69, 9.17) is 18.9 Å². The Balaban J connectivity index is 1.03. The van der Waals surface area contributed by atoms with Gasteiger partial charge in [0.2, 0.25) is 0 Å². The Morgan fingerprint density at radius 2 is 1.59 bits per heavy atom. The van der Waals surface area contributed by atoms with Gasteiger partial charge in [0.15, 0.2) is 6.29 Å². The van der Waals surface area contributed by atoms with E-state index in [0.29, 0.717) is 23.0 Å². The number of rotatable bonds is 10. The molecule has 3 aliphatic rings. The third-order valence-corrected chi connectivity index (χ3v) is 10.9. The third-order valence-electron chi connectivity index (χ3n) is 9.27. The Labute approximate surface area is 267 Å². The molecular weight excluding hydrogens is 566 g/mol. The minimum atomic E-state index is -0.160. The Bertz CT molecular complexity index is 1540. The molecule has 44 heavy (non-hydrogen) atoms. The number of allylic oxidation sites excluding steroid dienone is 7. The average molecular weight is 614 g/mol. The summed E-state index contributed by atoms with van der Waals surface area (Å²) in [6.07, 6.45) is 18.6. The van der Waals surface area contributed by atoms with E-state index in [-0.39, 0.29) is 11.7 Å². The summed E-state index contributed by atoms with van der Waals surface area (Å²) in [5.74, 6) is 3.36. The van der Waals surface area contributed by atoms with Crippen LogP contribution in [-0.2, 0) is 9.47 Å². The minimum absolute atomic E-state index is 0.110. The first-order valence-electron chi connectivity index (χ1n) is 16.1. The molecule has 2 aromatic carbocycles. The lowest BCUT2D eigenvalue weighted by atomic mass is 9.92. The summed E-state index contributed by atoms with van der Waals surface area (Å²) >= 11 is 1.98. The van der Waals surface area contributed by atoms with Gasteiger partial charge in [-0.3, -0.25) is 0 Å². The number of methoxy groups -OCH3 is 2. The third kappa shape index (κ3) is 6.68. The van der Waals surface area contributed by atoms with Crippen LogP contribution in [0.25, 0.3) is 27.5 Å². The molecule has 0 amide bonds. The highest BCUT2D eigenvalue weighted by Crippen LogP contribution is 2.43. The van der Waals surface area contributed by atoms with Gasteiger partial charge in [0.25, 0.3) is 0 Å². The first kappa shape index (κ1) is 31.1. The number of aromatic nitrogens is 1. The number of benzene rings is 2. The van der Waals surface area contributed by atoms with Crippen molar-refractivity contribution in [2.75, 3.05) is 27.4 Å². The van der Waals surface area contributed by atoms with Crippen molar-refractivity contribution in [2.24, 2.45) is 23.2 Å².